The van der Waals surface area contributed by atoms with Crippen molar-refractivity contribution in [2.75, 3.05) is 6.54 Å². The topological polar surface area (TPSA) is 52.0 Å². The van der Waals surface area contributed by atoms with Crippen LogP contribution in [0.4, 0.5) is 0 Å². The minimum Gasteiger partial charge on any atom is -0.330 e. The first-order valence-corrected chi connectivity index (χ1v) is 8.24. The quantitative estimate of drug-likeness (QED) is 0.588. The minimum atomic E-state index is 0.210. The van der Waals surface area contributed by atoms with E-state index in [0.717, 1.165) is 13.0 Å². The third kappa shape index (κ3) is 7.66. The Labute approximate surface area is 124 Å². The van der Waals surface area contributed by atoms with E-state index in [1.54, 1.807) is 0 Å². The summed E-state index contributed by atoms with van der Waals surface area (Å²) in [5.74, 6) is 0.693. The number of nitrogens with two attached hydrogens (primary N) is 2. The van der Waals surface area contributed by atoms with E-state index < -0.39 is 0 Å². The Hall–Kier alpha value is -0.860. The molecule has 0 heterocycles. The summed E-state index contributed by atoms with van der Waals surface area (Å²) in [6, 6.07) is 10.6. The van der Waals surface area contributed by atoms with Crippen molar-refractivity contribution in [3.8, 4) is 0 Å². The van der Waals surface area contributed by atoms with Crippen LogP contribution >= 0.6 is 0 Å². The van der Waals surface area contributed by atoms with Crippen LogP contribution in [0.15, 0.2) is 30.3 Å². The van der Waals surface area contributed by atoms with Crippen LogP contribution in [0.5, 0.6) is 0 Å². The van der Waals surface area contributed by atoms with Crippen LogP contribution in [0.25, 0.3) is 0 Å². The predicted molar refractivity (Wildman–Crippen MR) is 88.5 cm³/mol. The summed E-state index contributed by atoms with van der Waals surface area (Å²) in [5.41, 5.74) is 13.1. The smallest absolute Gasteiger partial charge is 0.0294 e. The molecule has 0 fully saturated rings. The maximum absolute atomic E-state index is 6.19. The van der Waals surface area contributed by atoms with E-state index in [0.29, 0.717) is 5.92 Å². The van der Waals surface area contributed by atoms with Crippen molar-refractivity contribution in [2.45, 2.75) is 64.3 Å². The summed E-state index contributed by atoms with van der Waals surface area (Å²) < 4.78 is 0. The molecule has 0 amide bonds. The van der Waals surface area contributed by atoms with Crippen molar-refractivity contribution in [3.63, 3.8) is 0 Å². The molecule has 1 rings (SSSR count). The Morgan fingerprint density at radius 1 is 0.850 bits per heavy atom. The van der Waals surface area contributed by atoms with E-state index in [1.807, 2.05) is 6.07 Å². The second-order valence-electron chi connectivity index (χ2n) is 6.06. The number of unbranched alkanes of at least 4 members (excludes halogenated alkanes) is 5. The third-order valence-electron chi connectivity index (χ3n) is 4.09. The van der Waals surface area contributed by atoms with Gasteiger partial charge in [0.15, 0.2) is 0 Å². The summed E-state index contributed by atoms with van der Waals surface area (Å²) in [5, 5.41) is 0. The molecule has 1 aromatic rings. The third-order valence-corrected chi connectivity index (χ3v) is 4.09. The molecule has 0 spiro atoms. The van der Waals surface area contributed by atoms with Gasteiger partial charge in [0, 0.05) is 6.04 Å². The Bertz CT molecular complexity index is 323. The highest BCUT2D eigenvalue weighted by atomic mass is 14.6. The summed E-state index contributed by atoms with van der Waals surface area (Å²) in [6.07, 6.45) is 10.3. The number of hydrogen-bond acceptors (Lipinski definition) is 2. The van der Waals surface area contributed by atoms with Crippen LogP contribution in [0.3, 0.4) is 0 Å². The molecule has 2 heteroatoms. The van der Waals surface area contributed by atoms with Crippen molar-refractivity contribution in [1.82, 2.24) is 0 Å². The van der Waals surface area contributed by atoms with Gasteiger partial charge in [-0.25, -0.2) is 0 Å². The van der Waals surface area contributed by atoms with E-state index >= 15 is 0 Å². The van der Waals surface area contributed by atoms with Gasteiger partial charge in [-0.05, 0) is 30.9 Å². The maximum Gasteiger partial charge on any atom is 0.0294 e. The van der Waals surface area contributed by atoms with Gasteiger partial charge in [0.1, 0.15) is 0 Å². The van der Waals surface area contributed by atoms with Crippen LogP contribution in [0, 0.1) is 5.92 Å². The summed E-state index contributed by atoms with van der Waals surface area (Å²) in [4.78, 5) is 0. The Morgan fingerprint density at radius 3 is 2.00 bits per heavy atom. The first kappa shape index (κ1) is 17.2. The second-order valence-corrected chi connectivity index (χ2v) is 6.06. The SMILES string of the molecule is CC(CN)CCCCCCCCC(N)c1ccccc1. The Morgan fingerprint density at radius 2 is 1.40 bits per heavy atom. The summed E-state index contributed by atoms with van der Waals surface area (Å²) >= 11 is 0. The van der Waals surface area contributed by atoms with Gasteiger partial charge in [-0.1, -0.05) is 75.8 Å². The molecule has 0 aromatic heterocycles. The van der Waals surface area contributed by atoms with Gasteiger partial charge < -0.3 is 11.5 Å². The maximum atomic E-state index is 6.19. The predicted octanol–water partition coefficient (Wildman–Crippen LogP) is 4.40. The molecule has 114 valence electrons. The van der Waals surface area contributed by atoms with Crippen molar-refractivity contribution in [3.05, 3.63) is 35.9 Å². The highest BCUT2D eigenvalue weighted by Crippen LogP contribution is 2.18. The first-order chi connectivity index (χ1) is 9.74. The van der Waals surface area contributed by atoms with E-state index in [-0.39, 0.29) is 6.04 Å². The van der Waals surface area contributed by atoms with E-state index in [1.165, 1.54) is 50.5 Å². The number of benzene rings is 1. The lowest BCUT2D eigenvalue weighted by Crippen LogP contribution is -2.10. The highest BCUT2D eigenvalue weighted by Gasteiger charge is 2.04. The fourth-order valence-corrected chi connectivity index (χ4v) is 2.55. The molecular formula is C18H32N2. The van der Waals surface area contributed by atoms with Crippen molar-refractivity contribution in [1.29, 1.82) is 0 Å². The minimum absolute atomic E-state index is 0.210. The zero-order valence-electron chi connectivity index (χ0n) is 13.1. The molecule has 1 aromatic carbocycles. The lowest BCUT2D eigenvalue weighted by Gasteiger charge is -2.11. The van der Waals surface area contributed by atoms with Gasteiger partial charge >= 0.3 is 0 Å². The molecule has 0 saturated heterocycles. The Kier molecular flexibility index (Phi) is 9.35. The molecule has 0 aliphatic carbocycles. The van der Waals surface area contributed by atoms with Crippen molar-refractivity contribution in [2.24, 2.45) is 17.4 Å². The standard InChI is InChI=1S/C18H32N2/c1-16(15-19)11-7-4-2-3-5-10-14-18(20)17-12-8-6-9-13-17/h6,8-9,12-13,16,18H,2-5,7,10-11,14-15,19-20H2,1H3. The lowest BCUT2D eigenvalue weighted by molar-refractivity contribution is 0.484. The molecular weight excluding hydrogens is 244 g/mol. The van der Waals surface area contributed by atoms with Crippen LogP contribution < -0.4 is 11.5 Å². The normalized spacial score (nSPS) is 14.2. The van der Waals surface area contributed by atoms with Crippen LogP contribution in [-0.4, -0.2) is 6.54 Å². The molecule has 0 radical (unpaired) electrons. The van der Waals surface area contributed by atoms with E-state index in [9.17, 15) is 0 Å². The fraction of sp³-hybridized carbons (Fsp3) is 0.667. The van der Waals surface area contributed by atoms with E-state index in [4.69, 9.17) is 11.5 Å². The van der Waals surface area contributed by atoms with Gasteiger partial charge in [-0.15, -0.1) is 0 Å². The molecule has 20 heavy (non-hydrogen) atoms. The summed E-state index contributed by atoms with van der Waals surface area (Å²) in [7, 11) is 0. The van der Waals surface area contributed by atoms with Gasteiger partial charge in [0.05, 0.1) is 0 Å². The molecule has 0 saturated carbocycles. The monoisotopic (exact) mass is 276 g/mol. The zero-order valence-corrected chi connectivity index (χ0v) is 13.1. The van der Waals surface area contributed by atoms with Gasteiger partial charge in [-0.2, -0.15) is 0 Å². The first-order valence-electron chi connectivity index (χ1n) is 8.24. The molecule has 0 aliphatic heterocycles. The van der Waals surface area contributed by atoms with E-state index in [2.05, 4.69) is 31.2 Å². The molecule has 0 aliphatic rings. The fourth-order valence-electron chi connectivity index (χ4n) is 2.55. The number of hydrogen-bond donors (Lipinski definition) is 2. The zero-order chi connectivity index (χ0) is 14.6. The molecule has 2 unspecified atom stereocenters. The highest BCUT2D eigenvalue weighted by molar-refractivity contribution is 5.18. The lowest BCUT2D eigenvalue weighted by atomic mass is 9.99. The molecule has 0 bridgehead atoms. The van der Waals surface area contributed by atoms with Gasteiger partial charge in [0.2, 0.25) is 0 Å². The molecule has 2 nitrogen and oxygen atoms in total. The average molecular weight is 276 g/mol. The van der Waals surface area contributed by atoms with Gasteiger partial charge in [-0.3, -0.25) is 0 Å². The summed E-state index contributed by atoms with van der Waals surface area (Å²) in [6.45, 7) is 3.07. The van der Waals surface area contributed by atoms with Crippen LogP contribution in [-0.2, 0) is 0 Å². The Balaban J connectivity index is 1.95. The number of rotatable bonds is 11. The molecule has 4 N–H and O–H groups in total. The largest absolute Gasteiger partial charge is 0.330 e. The van der Waals surface area contributed by atoms with Crippen molar-refractivity contribution < 1.29 is 0 Å². The van der Waals surface area contributed by atoms with Crippen LogP contribution in [0.1, 0.15) is 69.9 Å². The van der Waals surface area contributed by atoms with Gasteiger partial charge in [0.25, 0.3) is 0 Å². The van der Waals surface area contributed by atoms with Crippen LogP contribution in [0.2, 0.25) is 0 Å². The second kappa shape index (κ2) is 10.9. The average Bonchev–Trinajstić information content (AvgIpc) is 2.50. The van der Waals surface area contributed by atoms with Crippen molar-refractivity contribution >= 4 is 0 Å². The molecule has 2 atom stereocenters.